The number of ketones is 1. The van der Waals surface area contributed by atoms with E-state index < -0.39 is 0 Å². The third kappa shape index (κ3) is 4.84. The molecule has 130 valence electrons. The molecule has 0 radical (unpaired) electrons. The first-order valence-electron chi connectivity index (χ1n) is 7.56. The lowest BCUT2D eigenvalue weighted by Gasteiger charge is -1.99. The molecule has 0 atom stereocenters. The lowest BCUT2D eigenvalue weighted by molar-refractivity contribution is -0.118. The van der Waals surface area contributed by atoms with E-state index in [1.807, 2.05) is 12.1 Å². The van der Waals surface area contributed by atoms with Crippen LogP contribution in [0.4, 0.5) is 0 Å². The van der Waals surface area contributed by atoms with Crippen LogP contribution in [0.2, 0.25) is 5.02 Å². The maximum absolute atomic E-state index is 12.3. The van der Waals surface area contributed by atoms with Crippen molar-refractivity contribution in [3.05, 3.63) is 45.1 Å². The number of amides is 1. The molecule has 0 fully saturated rings. The van der Waals surface area contributed by atoms with Gasteiger partial charge in [0.15, 0.2) is 11.4 Å². The van der Waals surface area contributed by atoms with Gasteiger partial charge in [0.1, 0.15) is 5.52 Å². The Morgan fingerprint density at radius 2 is 2.16 bits per heavy atom. The number of benzene rings is 1. The first-order valence-corrected chi connectivity index (χ1v) is 9.74. The Bertz CT molecular complexity index is 920. The third-order valence-corrected chi connectivity index (χ3v) is 5.59. The number of Topliss-reactive ketones (excluding diaryl/α,β-unsaturated/α-hetero) is 1. The fraction of sp³-hybridized carbons (Fsp3) is 0.235. The standard InChI is InChI=1S/C17H15ClN2O3S2/c1-10(21)19-7-6-12-3-5-16(25-12)14(22)9-24-17-20-13-8-11(18)2-4-15(13)23-17/h2-5,8H,6-7,9H2,1H3,(H,19,21). The molecule has 25 heavy (non-hydrogen) atoms. The van der Waals surface area contributed by atoms with Crippen LogP contribution >= 0.6 is 34.7 Å². The summed E-state index contributed by atoms with van der Waals surface area (Å²) in [5, 5.41) is 3.79. The van der Waals surface area contributed by atoms with Crippen LogP contribution in [0.1, 0.15) is 21.5 Å². The van der Waals surface area contributed by atoms with Crippen molar-refractivity contribution >= 4 is 57.5 Å². The highest BCUT2D eigenvalue weighted by molar-refractivity contribution is 7.99. The number of fused-ring (bicyclic) bond motifs is 1. The molecular formula is C17H15ClN2O3S2. The molecule has 0 unspecified atom stereocenters. The van der Waals surface area contributed by atoms with Gasteiger partial charge in [-0.25, -0.2) is 4.98 Å². The molecule has 0 spiro atoms. The van der Waals surface area contributed by atoms with Gasteiger partial charge in [0, 0.05) is 23.4 Å². The van der Waals surface area contributed by atoms with Gasteiger partial charge in [0.25, 0.3) is 5.22 Å². The fourth-order valence-corrected chi connectivity index (χ4v) is 4.09. The molecule has 5 nitrogen and oxygen atoms in total. The molecule has 0 aliphatic heterocycles. The molecule has 1 aromatic carbocycles. The first kappa shape index (κ1) is 18.0. The molecule has 3 aromatic rings. The van der Waals surface area contributed by atoms with Crippen LogP contribution in [-0.2, 0) is 11.2 Å². The molecule has 0 saturated heterocycles. The van der Waals surface area contributed by atoms with Crippen LogP contribution in [0.3, 0.4) is 0 Å². The topological polar surface area (TPSA) is 72.2 Å². The van der Waals surface area contributed by atoms with Crippen LogP contribution < -0.4 is 5.32 Å². The van der Waals surface area contributed by atoms with Crippen molar-refractivity contribution in [1.29, 1.82) is 0 Å². The molecule has 3 rings (SSSR count). The Balaban J connectivity index is 1.56. The zero-order valence-corrected chi connectivity index (χ0v) is 15.8. The predicted molar refractivity (Wildman–Crippen MR) is 101 cm³/mol. The van der Waals surface area contributed by atoms with Crippen LogP contribution in [-0.4, -0.2) is 29.0 Å². The van der Waals surface area contributed by atoms with Crippen molar-refractivity contribution in [2.75, 3.05) is 12.3 Å². The second-order valence-electron chi connectivity index (χ2n) is 5.30. The van der Waals surface area contributed by atoms with Crippen molar-refractivity contribution < 1.29 is 14.0 Å². The molecule has 2 heterocycles. The summed E-state index contributed by atoms with van der Waals surface area (Å²) in [6, 6.07) is 8.97. The zero-order chi connectivity index (χ0) is 17.8. The van der Waals surface area contributed by atoms with Gasteiger partial charge in [-0.05, 0) is 36.8 Å². The number of aromatic nitrogens is 1. The maximum Gasteiger partial charge on any atom is 0.257 e. The fourth-order valence-electron chi connectivity index (χ4n) is 2.16. The van der Waals surface area contributed by atoms with E-state index in [1.165, 1.54) is 30.0 Å². The summed E-state index contributed by atoms with van der Waals surface area (Å²) in [5.41, 5.74) is 1.33. The van der Waals surface area contributed by atoms with Gasteiger partial charge in [0.2, 0.25) is 5.91 Å². The Morgan fingerprint density at radius 3 is 2.96 bits per heavy atom. The molecule has 0 aliphatic rings. The number of hydrogen-bond acceptors (Lipinski definition) is 6. The van der Waals surface area contributed by atoms with Crippen LogP contribution in [0.5, 0.6) is 0 Å². The summed E-state index contributed by atoms with van der Waals surface area (Å²) in [6.45, 7) is 2.06. The van der Waals surface area contributed by atoms with Crippen LogP contribution in [0.15, 0.2) is 40.0 Å². The Hall–Kier alpha value is -1.83. The van der Waals surface area contributed by atoms with E-state index >= 15 is 0 Å². The van der Waals surface area contributed by atoms with E-state index in [1.54, 1.807) is 18.2 Å². The number of rotatable bonds is 7. The average Bonchev–Trinajstić information content (AvgIpc) is 3.18. The van der Waals surface area contributed by atoms with Gasteiger partial charge in [-0.15, -0.1) is 11.3 Å². The maximum atomic E-state index is 12.3. The van der Waals surface area contributed by atoms with Crippen molar-refractivity contribution in [3.63, 3.8) is 0 Å². The molecule has 1 amide bonds. The van der Waals surface area contributed by atoms with E-state index in [-0.39, 0.29) is 17.4 Å². The monoisotopic (exact) mass is 394 g/mol. The molecule has 2 aromatic heterocycles. The van der Waals surface area contributed by atoms with E-state index in [4.69, 9.17) is 16.0 Å². The highest BCUT2D eigenvalue weighted by atomic mass is 35.5. The lowest BCUT2D eigenvalue weighted by Crippen LogP contribution is -2.22. The van der Waals surface area contributed by atoms with Crippen LogP contribution in [0, 0.1) is 0 Å². The number of oxazole rings is 1. The highest BCUT2D eigenvalue weighted by Gasteiger charge is 2.13. The first-order chi connectivity index (χ1) is 12.0. The summed E-state index contributed by atoms with van der Waals surface area (Å²) >= 11 is 8.64. The smallest absolute Gasteiger partial charge is 0.257 e. The van der Waals surface area contributed by atoms with Gasteiger partial charge in [-0.1, -0.05) is 23.4 Å². The van der Waals surface area contributed by atoms with E-state index in [2.05, 4.69) is 10.3 Å². The molecule has 8 heteroatoms. The Kier molecular flexibility index (Phi) is 5.78. The number of thiophene rings is 1. The van der Waals surface area contributed by atoms with Gasteiger partial charge in [0.05, 0.1) is 10.6 Å². The minimum atomic E-state index is -0.0520. The summed E-state index contributed by atoms with van der Waals surface area (Å²) in [7, 11) is 0. The molecule has 0 saturated carbocycles. The van der Waals surface area contributed by atoms with Gasteiger partial charge < -0.3 is 9.73 Å². The summed E-state index contributed by atoms with van der Waals surface area (Å²) < 4.78 is 5.59. The number of carbonyl (C=O) groups is 2. The van der Waals surface area contributed by atoms with E-state index in [0.29, 0.717) is 32.8 Å². The normalized spacial score (nSPS) is 11.0. The molecular weight excluding hydrogens is 380 g/mol. The Morgan fingerprint density at radius 1 is 1.32 bits per heavy atom. The number of hydrogen-bond donors (Lipinski definition) is 1. The lowest BCUT2D eigenvalue weighted by atomic mass is 10.3. The minimum Gasteiger partial charge on any atom is -0.431 e. The second-order valence-corrected chi connectivity index (χ2v) is 7.83. The van der Waals surface area contributed by atoms with Crippen LogP contribution in [0.25, 0.3) is 11.1 Å². The second kappa shape index (κ2) is 8.03. The Labute approximate surface area is 157 Å². The van der Waals surface area contributed by atoms with E-state index in [9.17, 15) is 9.59 Å². The third-order valence-electron chi connectivity index (χ3n) is 3.34. The average molecular weight is 395 g/mol. The number of nitrogens with zero attached hydrogens (tertiary/aromatic N) is 1. The van der Waals surface area contributed by atoms with E-state index in [0.717, 1.165) is 11.3 Å². The van der Waals surface area contributed by atoms with Crippen molar-refractivity contribution in [3.8, 4) is 0 Å². The van der Waals surface area contributed by atoms with Gasteiger partial charge in [-0.2, -0.15) is 0 Å². The highest BCUT2D eigenvalue weighted by Crippen LogP contribution is 2.27. The van der Waals surface area contributed by atoms with Crippen molar-refractivity contribution in [1.82, 2.24) is 10.3 Å². The quantitative estimate of drug-likeness (QED) is 0.480. The number of nitrogens with one attached hydrogen (secondary N) is 1. The summed E-state index contributed by atoms with van der Waals surface area (Å²) in [4.78, 5) is 29.3. The predicted octanol–water partition coefficient (Wildman–Crippen LogP) is 4.20. The van der Waals surface area contributed by atoms with Gasteiger partial charge >= 0.3 is 0 Å². The SMILES string of the molecule is CC(=O)NCCc1ccc(C(=O)CSc2nc3cc(Cl)ccc3o2)s1. The van der Waals surface area contributed by atoms with Gasteiger partial charge in [-0.3, -0.25) is 9.59 Å². The molecule has 0 aliphatic carbocycles. The number of carbonyl (C=O) groups excluding carboxylic acids is 2. The van der Waals surface area contributed by atoms with Crippen molar-refractivity contribution in [2.24, 2.45) is 0 Å². The summed E-state index contributed by atoms with van der Waals surface area (Å²) in [6.07, 6.45) is 0.719. The largest absolute Gasteiger partial charge is 0.431 e. The number of thioether (sulfide) groups is 1. The summed E-state index contributed by atoms with van der Waals surface area (Å²) in [5.74, 6) is 0.233. The van der Waals surface area contributed by atoms with Crippen molar-refractivity contribution in [2.45, 2.75) is 18.6 Å². The zero-order valence-electron chi connectivity index (χ0n) is 13.4. The number of halogens is 1. The minimum absolute atomic E-state index is 0.0288. The molecule has 0 bridgehead atoms. The molecule has 1 N–H and O–H groups in total.